The zero-order chi connectivity index (χ0) is 11.8. The Bertz CT molecular complexity index is 663. The Kier molecular flexibility index (Phi) is 2.14. The van der Waals surface area contributed by atoms with Gasteiger partial charge in [0.1, 0.15) is 0 Å². The maximum atomic E-state index is 5.82. The van der Waals surface area contributed by atoms with Gasteiger partial charge in [-0.15, -0.1) is 0 Å². The minimum Gasteiger partial charge on any atom is -0.399 e. The van der Waals surface area contributed by atoms with Gasteiger partial charge in [0.05, 0.1) is 18.3 Å². The molecule has 0 aliphatic rings. The fourth-order valence-electron chi connectivity index (χ4n) is 2.09. The number of aromatic nitrogens is 3. The van der Waals surface area contributed by atoms with E-state index in [1.54, 1.807) is 0 Å². The maximum Gasteiger partial charge on any atom is 0.0539 e. The van der Waals surface area contributed by atoms with E-state index in [9.17, 15) is 0 Å². The zero-order valence-electron chi connectivity index (χ0n) is 9.67. The average molecular weight is 226 g/mol. The standard InChI is InChI=1S/C13H14N4/c1-16-8-10(7-15-16)9-17-5-4-11-2-3-12(14)6-13(11)17/h2-8H,9,14H2,1H3. The molecule has 0 aliphatic carbocycles. The Morgan fingerprint density at radius 2 is 2.18 bits per heavy atom. The number of nitrogen functional groups attached to an aromatic ring is 1. The van der Waals surface area contributed by atoms with Gasteiger partial charge >= 0.3 is 0 Å². The molecular weight excluding hydrogens is 212 g/mol. The highest BCUT2D eigenvalue weighted by atomic mass is 15.2. The molecule has 2 N–H and O–H groups in total. The first-order chi connectivity index (χ1) is 8.22. The van der Waals surface area contributed by atoms with E-state index in [0.29, 0.717) is 0 Å². The molecule has 4 heteroatoms. The second-order valence-electron chi connectivity index (χ2n) is 4.28. The normalized spacial score (nSPS) is 11.1. The molecule has 0 radical (unpaired) electrons. The van der Waals surface area contributed by atoms with Gasteiger partial charge in [-0.05, 0) is 23.6 Å². The van der Waals surface area contributed by atoms with E-state index < -0.39 is 0 Å². The fourth-order valence-corrected chi connectivity index (χ4v) is 2.09. The first-order valence-electron chi connectivity index (χ1n) is 5.54. The molecular formula is C13H14N4. The molecule has 0 spiro atoms. The number of fused-ring (bicyclic) bond motifs is 1. The number of hydrogen-bond acceptors (Lipinski definition) is 2. The van der Waals surface area contributed by atoms with Crippen LogP contribution in [0.1, 0.15) is 5.56 Å². The first-order valence-corrected chi connectivity index (χ1v) is 5.54. The fraction of sp³-hybridized carbons (Fsp3) is 0.154. The van der Waals surface area contributed by atoms with Crippen LogP contribution in [-0.2, 0) is 13.6 Å². The summed E-state index contributed by atoms with van der Waals surface area (Å²) in [4.78, 5) is 0. The minimum atomic E-state index is 0.795. The van der Waals surface area contributed by atoms with Crippen molar-refractivity contribution in [2.75, 3.05) is 5.73 Å². The molecule has 86 valence electrons. The molecule has 2 heterocycles. The third kappa shape index (κ3) is 1.78. The smallest absolute Gasteiger partial charge is 0.0539 e. The van der Waals surface area contributed by atoms with Crippen LogP contribution in [-0.4, -0.2) is 14.3 Å². The summed E-state index contributed by atoms with van der Waals surface area (Å²) in [7, 11) is 1.93. The van der Waals surface area contributed by atoms with Crippen molar-refractivity contribution in [1.29, 1.82) is 0 Å². The Morgan fingerprint density at radius 3 is 2.94 bits per heavy atom. The summed E-state index contributed by atoms with van der Waals surface area (Å²) in [6.07, 6.45) is 5.99. The van der Waals surface area contributed by atoms with Crippen molar-refractivity contribution in [2.24, 2.45) is 7.05 Å². The van der Waals surface area contributed by atoms with Crippen LogP contribution in [0.15, 0.2) is 42.9 Å². The SMILES string of the molecule is Cn1cc(Cn2ccc3ccc(N)cc32)cn1. The van der Waals surface area contributed by atoms with Crippen molar-refractivity contribution in [2.45, 2.75) is 6.54 Å². The van der Waals surface area contributed by atoms with Crippen molar-refractivity contribution in [1.82, 2.24) is 14.3 Å². The maximum absolute atomic E-state index is 5.82. The summed E-state index contributed by atoms with van der Waals surface area (Å²) in [5.41, 5.74) is 8.96. The molecule has 0 atom stereocenters. The van der Waals surface area contributed by atoms with E-state index in [1.165, 1.54) is 10.9 Å². The van der Waals surface area contributed by atoms with E-state index in [0.717, 1.165) is 17.7 Å². The van der Waals surface area contributed by atoms with Gasteiger partial charge in [-0.25, -0.2) is 0 Å². The Hall–Kier alpha value is -2.23. The molecule has 0 unspecified atom stereocenters. The van der Waals surface area contributed by atoms with Gasteiger partial charge in [0.25, 0.3) is 0 Å². The Labute approximate surface area is 99.3 Å². The first kappa shape index (κ1) is 9.96. The van der Waals surface area contributed by atoms with E-state index in [1.807, 2.05) is 42.3 Å². The van der Waals surface area contributed by atoms with Crippen molar-refractivity contribution in [3.05, 3.63) is 48.4 Å². The number of hydrogen-bond donors (Lipinski definition) is 1. The summed E-state index contributed by atoms with van der Waals surface area (Å²) < 4.78 is 4.00. The van der Waals surface area contributed by atoms with Crippen molar-refractivity contribution >= 4 is 16.6 Å². The summed E-state index contributed by atoms with van der Waals surface area (Å²) in [5, 5.41) is 5.38. The van der Waals surface area contributed by atoms with Crippen LogP contribution in [0.25, 0.3) is 10.9 Å². The molecule has 1 aromatic carbocycles. The highest BCUT2D eigenvalue weighted by Crippen LogP contribution is 2.19. The zero-order valence-corrected chi connectivity index (χ0v) is 9.67. The molecule has 0 saturated heterocycles. The molecule has 0 bridgehead atoms. The summed E-state index contributed by atoms with van der Waals surface area (Å²) in [6, 6.07) is 8.08. The monoisotopic (exact) mass is 226 g/mol. The van der Waals surface area contributed by atoms with Crippen LogP contribution in [0.5, 0.6) is 0 Å². The van der Waals surface area contributed by atoms with Crippen LogP contribution in [0.2, 0.25) is 0 Å². The topological polar surface area (TPSA) is 48.8 Å². The van der Waals surface area contributed by atoms with Crippen LogP contribution in [0.4, 0.5) is 5.69 Å². The number of aryl methyl sites for hydroxylation is 1. The molecule has 0 fully saturated rings. The number of benzene rings is 1. The summed E-state index contributed by atoms with van der Waals surface area (Å²) in [6.45, 7) is 0.820. The lowest BCUT2D eigenvalue weighted by Crippen LogP contribution is -1.97. The number of nitrogens with two attached hydrogens (primary N) is 1. The van der Waals surface area contributed by atoms with Crippen LogP contribution in [0, 0.1) is 0 Å². The van der Waals surface area contributed by atoms with Crippen molar-refractivity contribution < 1.29 is 0 Å². The van der Waals surface area contributed by atoms with E-state index in [2.05, 4.69) is 21.9 Å². The lowest BCUT2D eigenvalue weighted by Gasteiger charge is -2.03. The van der Waals surface area contributed by atoms with Crippen LogP contribution in [0.3, 0.4) is 0 Å². The van der Waals surface area contributed by atoms with Crippen LogP contribution < -0.4 is 5.73 Å². The number of rotatable bonds is 2. The number of anilines is 1. The van der Waals surface area contributed by atoms with E-state index in [-0.39, 0.29) is 0 Å². The van der Waals surface area contributed by atoms with Crippen molar-refractivity contribution in [3.63, 3.8) is 0 Å². The van der Waals surface area contributed by atoms with Gasteiger partial charge < -0.3 is 10.3 Å². The predicted molar refractivity (Wildman–Crippen MR) is 68.7 cm³/mol. The van der Waals surface area contributed by atoms with E-state index >= 15 is 0 Å². The van der Waals surface area contributed by atoms with E-state index in [4.69, 9.17) is 5.73 Å². The predicted octanol–water partition coefficient (Wildman–Crippen LogP) is 2.01. The lowest BCUT2D eigenvalue weighted by atomic mass is 10.2. The highest BCUT2D eigenvalue weighted by molar-refractivity contribution is 5.83. The van der Waals surface area contributed by atoms with Crippen molar-refractivity contribution in [3.8, 4) is 0 Å². The Balaban J connectivity index is 2.03. The molecule has 3 rings (SSSR count). The van der Waals surface area contributed by atoms with Gasteiger partial charge in [0.2, 0.25) is 0 Å². The van der Waals surface area contributed by atoms with Gasteiger partial charge in [0.15, 0.2) is 0 Å². The third-order valence-corrected chi connectivity index (χ3v) is 2.91. The molecule has 0 aliphatic heterocycles. The molecule has 2 aromatic heterocycles. The minimum absolute atomic E-state index is 0.795. The molecule has 0 saturated carbocycles. The summed E-state index contributed by atoms with van der Waals surface area (Å²) in [5.74, 6) is 0. The second-order valence-corrected chi connectivity index (χ2v) is 4.28. The Morgan fingerprint density at radius 1 is 1.29 bits per heavy atom. The highest BCUT2D eigenvalue weighted by Gasteiger charge is 2.03. The quantitative estimate of drug-likeness (QED) is 0.679. The van der Waals surface area contributed by atoms with Crippen LogP contribution >= 0.6 is 0 Å². The van der Waals surface area contributed by atoms with Gasteiger partial charge in [0, 0.05) is 30.7 Å². The third-order valence-electron chi connectivity index (χ3n) is 2.91. The molecule has 0 amide bonds. The van der Waals surface area contributed by atoms with Gasteiger partial charge in [-0.3, -0.25) is 4.68 Å². The number of nitrogens with zero attached hydrogens (tertiary/aromatic N) is 3. The molecule has 4 nitrogen and oxygen atoms in total. The molecule has 17 heavy (non-hydrogen) atoms. The van der Waals surface area contributed by atoms with Gasteiger partial charge in [-0.1, -0.05) is 6.07 Å². The largest absolute Gasteiger partial charge is 0.399 e. The molecule has 3 aromatic rings. The van der Waals surface area contributed by atoms with Gasteiger partial charge in [-0.2, -0.15) is 5.10 Å². The lowest BCUT2D eigenvalue weighted by molar-refractivity contribution is 0.764. The summed E-state index contributed by atoms with van der Waals surface area (Å²) >= 11 is 0. The second kappa shape index (κ2) is 3.66. The average Bonchev–Trinajstić information content (AvgIpc) is 2.87.